The fourth-order valence-electron chi connectivity index (χ4n) is 2.51. The second-order valence-corrected chi connectivity index (χ2v) is 7.19. The third-order valence-electron chi connectivity index (χ3n) is 3.82. The Labute approximate surface area is 172 Å². The number of esters is 1. The quantitative estimate of drug-likeness (QED) is 0.649. The molecule has 0 amide bonds. The van der Waals surface area contributed by atoms with E-state index in [1.54, 1.807) is 44.4 Å². The van der Waals surface area contributed by atoms with E-state index >= 15 is 0 Å². The van der Waals surface area contributed by atoms with Crippen molar-refractivity contribution in [1.82, 2.24) is 0 Å². The first-order valence-electron chi connectivity index (χ1n) is 8.50. The van der Waals surface area contributed by atoms with E-state index in [0.717, 1.165) is 11.3 Å². The molecule has 28 heavy (non-hydrogen) atoms. The van der Waals surface area contributed by atoms with E-state index in [4.69, 9.17) is 21.1 Å². The first kappa shape index (κ1) is 20.0. The molecule has 1 N–H and O–H groups in total. The number of aliphatic hydroxyl groups excluding tert-OH is 1. The van der Waals surface area contributed by atoms with Crippen molar-refractivity contribution in [1.29, 1.82) is 0 Å². The van der Waals surface area contributed by atoms with Gasteiger partial charge >= 0.3 is 5.97 Å². The molecular formula is C21H18ClNO4S. The van der Waals surface area contributed by atoms with Gasteiger partial charge in [0.1, 0.15) is 22.1 Å². The van der Waals surface area contributed by atoms with Crippen LogP contribution in [0.4, 0.5) is 5.69 Å². The maximum atomic E-state index is 12.4. The van der Waals surface area contributed by atoms with Crippen LogP contribution in [0, 0.1) is 0 Å². The van der Waals surface area contributed by atoms with Crippen molar-refractivity contribution in [3.05, 3.63) is 75.4 Å². The maximum Gasteiger partial charge on any atom is 0.344 e. The van der Waals surface area contributed by atoms with E-state index in [9.17, 15) is 9.90 Å². The molecule has 1 aliphatic rings. The Hall–Kier alpha value is -2.70. The van der Waals surface area contributed by atoms with E-state index in [2.05, 4.69) is 4.99 Å². The number of methoxy groups -OCH3 is 1. The van der Waals surface area contributed by atoms with Crippen LogP contribution in [0.5, 0.6) is 5.75 Å². The minimum absolute atomic E-state index is 0.0478. The Balaban J connectivity index is 2.01. The first-order valence-corrected chi connectivity index (χ1v) is 9.70. The molecule has 0 fully saturated rings. The average molecular weight is 416 g/mol. The van der Waals surface area contributed by atoms with Gasteiger partial charge < -0.3 is 14.6 Å². The zero-order valence-corrected chi connectivity index (χ0v) is 16.9. The number of carbonyl (C=O) groups excluding carboxylic acids is 1. The van der Waals surface area contributed by atoms with E-state index < -0.39 is 5.97 Å². The predicted molar refractivity (Wildman–Crippen MR) is 113 cm³/mol. The second-order valence-electron chi connectivity index (χ2n) is 5.72. The van der Waals surface area contributed by atoms with Gasteiger partial charge in [0.05, 0.1) is 24.3 Å². The number of hydrogen-bond donors (Lipinski definition) is 1. The van der Waals surface area contributed by atoms with Crippen molar-refractivity contribution in [2.75, 3.05) is 13.7 Å². The lowest BCUT2D eigenvalue weighted by Crippen LogP contribution is -2.12. The number of nitrogens with zero attached hydrogens (tertiary/aromatic N) is 1. The van der Waals surface area contributed by atoms with Crippen LogP contribution in [0.15, 0.2) is 69.8 Å². The molecule has 0 bridgehead atoms. The number of aliphatic imine (C=N–C) groups is 1. The Kier molecular flexibility index (Phi) is 6.44. The summed E-state index contributed by atoms with van der Waals surface area (Å²) in [5, 5.41) is 11.6. The van der Waals surface area contributed by atoms with E-state index in [0.29, 0.717) is 20.7 Å². The predicted octanol–water partition coefficient (Wildman–Crippen LogP) is 5.54. The molecule has 0 unspecified atom stereocenters. The molecule has 2 aromatic carbocycles. The number of thioether (sulfide) groups is 1. The van der Waals surface area contributed by atoms with Gasteiger partial charge in [-0.2, -0.15) is 0 Å². The molecule has 7 heteroatoms. The highest BCUT2D eigenvalue weighted by Crippen LogP contribution is 2.40. The number of aliphatic hydroxyl groups is 1. The van der Waals surface area contributed by atoms with Crippen LogP contribution >= 0.6 is 23.4 Å². The summed E-state index contributed by atoms with van der Waals surface area (Å²) in [6, 6.07) is 14.3. The summed E-state index contributed by atoms with van der Waals surface area (Å²) in [6.07, 6.45) is 1.78. The molecule has 0 radical (unpaired) electrons. The molecular weight excluding hydrogens is 398 g/mol. The summed E-state index contributed by atoms with van der Waals surface area (Å²) in [7, 11) is 1.60. The summed E-state index contributed by atoms with van der Waals surface area (Å²) >= 11 is 7.22. The molecule has 2 aromatic rings. The van der Waals surface area contributed by atoms with Crippen LogP contribution < -0.4 is 4.74 Å². The Morgan fingerprint density at radius 2 is 2.00 bits per heavy atom. The minimum atomic E-state index is -0.619. The first-order chi connectivity index (χ1) is 13.5. The molecule has 1 aliphatic heterocycles. The van der Waals surface area contributed by atoms with Crippen LogP contribution in [0.3, 0.4) is 0 Å². The SMILES string of the molecule is CCOC(=O)C1=C(O)/C(=C/c2ccc(OC)cc2)SC1=Nc1cccc(Cl)c1. The van der Waals surface area contributed by atoms with Crippen molar-refractivity contribution < 1.29 is 19.4 Å². The number of halogens is 1. The highest BCUT2D eigenvalue weighted by Gasteiger charge is 2.33. The van der Waals surface area contributed by atoms with Crippen LogP contribution in [0.2, 0.25) is 5.02 Å². The maximum absolute atomic E-state index is 12.4. The molecule has 0 aromatic heterocycles. The van der Waals surface area contributed by atoms with Gasteiger partial charge in [-0.05, 0) is 48.9 Å². The fourth-order valence-corrected chi connectivity index (χ4v) is 3.73. The van der Waals surface area contributed by atoms with Crippen LogP contribution in [0.25, 0.3) is 6.08 Å². The monoisotopic (exact) mass is 415 g/mol. The molecule has 1 heterocycles. The Morgan fingerprint density at radius 3 is 2.64 bits per heavy atom. The summed E-state index contributed by atoms with van der Waals surface area (Å²) in [4.78, 5) is 17.4. The Morgan fingerprint density at radius 1 is 1.25 bits per heavy atom. The topological polar surface area (TPSA) is 68.1 Å². The minimum Gasteiger partial charge on any atom is -0.506 e. The lowest BCUT2D eigenvalue weighted by Gasteiger charge is -2.04. The van der Waals surface area contributed by atoms with E-state index in [-0.39, 0.29) is 17.9 Å². The zero-order valence-electron chi connectivity index (χ0n) is 15.3. The lowest BCUT2D eigenvalue weighted by atomic mass is 10.1. The molecule has 0 aliphatic carbocycles. The van der Waals surface area contributed by atoms with E-state index in [1.165, 1.54) is 11.8 Å². The van der Waals surface area contributed by atoms with Gasteiger partial charge in [0.25, 0.3) is 0 Å². The summed E-state index contributed by atoms with van der Waals surface area (Å²) in [5.74, 6) is -0.0390. The molecule has 0 atom stereocenters. The summed E-state index contributed by atoms with van der Waals surface area (Å²) < 4.78 is 10.2. The molecule has 144 valence electrons. The summed E-state index contributed by atoms with van der Waals surface area (Å²) in [6.45, 7) is 1.90. The van der Waals surface area contributed by atoms with Crippen LogP contribution in [-0.2, 0) is 9.53 Å². The van der Waals surface area contributed by atoms with Crippen molar-refractivity contribution in [2.45, 2.75) is 6.92 Å². The van der Waals surface area contributed by atoms with Crippen molar-refractivity contribution in [3.63, 3.8) is 0 Å². The largest absolute Gasteiger partial charge is 0.506 e. The number of rotatable bonds is 5. The molecule has 0 saturated carbocycles. The normalized spacial score (nSPS) is 16.7. The lowest BCUT2D eigenvalue weighted by molar-refractivity contribution is -0.138. The second kappa shape index (κ2) is 8.99. The number of ether oxygens (including phenoxy) is 2. The van der Waals surface area contributed by atoms with Crippen molar-refractivity contribution in [3.8, 4) is 5.75 Å². The molecule has 0 saturated heterocycles. The van der Waals surface area contributed by atoms with Gasteiger partial charge in [-0.1, -0.05) is 41.6 Å². The fraction of sp³-hybridized carbons (Fsp3) is 0.143. The smallest absolute Gasteiger partial charge is 0.344 e. The average Bonchev–Trinajstić information content (AvgIpc) is 2.97. The molecule has 3 rings (SSSR count). The van der Waals surface area contributed by atoms with Crippen molar-refractivity contribution >= 4 is 46.1 Å². The third kappa shape index (κ3) is 4.58. The van der Waals surface area contributed by atoms with Crippen LogP contribution in [-0.4, -0.2) is 29.8 Å². The van der Waals surface area contributed by atoms with E-state index in [1.807, 2.05) is 24.3 Å². The molecule has 0 spiro atoms. The standard InChI is InChI=1S/C21H18ClNO4S/c1-3-27-21(25)18-19(24)17(11-13-7-9-16(26-2)10-8-13)28-20(18)23-15-6-4-5-14(22)12-15/h4-12,24H,3H2,1-2H3/b17-11-,23-20?. The van der Waals surface area contributed by atoms with Gasteiger partial charge in [-0.15, -0.1) is 0 Å². The van der Waals surface area contributed by atoms with Gasteiger partial charge in [-0.25, -0.2) is 9.79 Å². The van der Waals surface area contributed by atoms with Gasteiger partial charge in [0.15, 0.2) is 0 Å². The molecule has 5 nitrogen and oxygen atoms in total. The van der Waals surface area contributed by atoms with Crippen molar-refractivity contribution in [2.24, 2.45) is 4.99 Å². The number of hydrogen-bond acceptors (Lipinski definition) is 6. The number of carbonyl (C=O) groups is 1. The summed E-state index contributed by atoms with van der Waals surface area (Å²) in [5.41, 5.74) is 1.48. The van der Waals surface area contributed by atoms with Gasteiger partial charge in [0.2, 0.25) is 0 Å². The van der Waals surface area contributed by atoms with Gasteiger partial charge in [0, 0.05) is 5.02 Å². The Bertz CT molecular complexity index is 980. The highest BCUT2D eigenvalue weighted by atomic mass is 35.5. The highest BCUT2D eigenvalue weighted by molar-refractivity contribution is 8.18. The number of benzene rings is 2. The van der Waals surface area contributed by atoms with Gasteiger partial charge in [-0.3, -0.25) is 0 Å². The zero-order chi connectivity index (χ0) is 20.1. The van der Waals surface area contributed by atoms with Crippen LogP contribution in [0.1, 0.15) is 12.5 Å². The third-order valence-corrected chi connectivity index (χ3v) is 5.08.